The predicted molar refractivity (Wildman–Crippen MR) is 91.8 cm³/mol. The molecule has 4 nitrogen and oxygen atoms in total. The Bertz CT molecular complexity index is 821. The molecular weight excluding hydrogens is 286 g/mol. The van der Waals surface area contributed by atoms with Crippen molar-refractivity contribution >= 4 is 17.6 Å². The summed E-state index contributed by atoms with van der Waals surface area (Å²) in [6, 6.07) is 15.7. The lowest BCUT2D eigenvalue weighted by atomic mass is 10.2. The van der Waals surface area contributed by atoms with Crippen LogP contribution in [0.25, 0.3) is 11.7 Å². The van der Waals surface area contributed by atoms with E-state index in [2.05, 4.69) is 4.98 Å². The molecule has 2 aromatic heterocycles. The summed E-state index contributed by atoms with van der Waals surface area (Å²) in [6.45, 7) is 3.18. The van der Waals surface area contributed by atoms with E-state index < -0.39 is 0 Å². The van der Waals surface area contributed by atoms with E-state index in [-0.39, 0.29) is 5.91 Å². The predicted octanol–water partition coefficient (Wildman–Crippen LogP) is 3.40. The Morgan fingerprint density at radius 2 is 1.96 bits per heavy atom. The van der Waals surface area contributed by atoms with Crippen molar-refractivity contribution in [3.05, 3.63) is 78.3 Å². The number of fused-ring (bicyclic) bond motifs is 1. The SMILES string of the molecule is CCN(Cc1cnc2ccccn12)C(=O)/C=C/c1ccccc1. The molecule has 0 unspecified atom stereocenters. The van der Waals surface area contributed by atoms with Gasteiger partial charge in [0.25, 0.3) is 0 Å². The molecule has 0 radical (unpaired) electrons. The molecule has 0 aliphatic rings. The minimum atomic E-state index is 0.00207. The van der Waals surface area contributed by atoms with Gasteiger partial charge in [-0.2, -0.15) is 0 Å². The smallest absolute Gasteiger partial charge is 0.246 e. The van der Waals surface area contributed by atoms with Crippen LogP contribution < -0.4 is 0 Å². The molecule has 1 aromatic carbocycles. The molecule has 0 saturated carbocycles. The summed E-state index contributed by atoms with van der Waals surface area (Å²) < 4.78 is 2.01. The van der Waals surface area contributed by atoms with Gasteiger partial charge in [0.2, 0.25) is 5.91 Å². The van der Waals surface area contributed by atoms with E-state index in [1.807, 2.05) is 78.3 Å². The van der Waals surface area contributed by atoms with E-state index in [1.165, 1.54) is 0 Å². The average molecular weight is 305 g/mol. The summed E-state index contributed by atoms with van der Waals surface area (Å²) >= 11 is 0. The summed E-state index contributed by atoms with van der Waals surface area (Å²) in [5.41, 5.74) is 2.92. The third-order valence-electron chi connectivity index (χ3n) is 3.76. The van der Waals surface area contributed by atoms with Gasteiger partial charge in [0, 0.05) is 18.8 Å². The number of carbonyl (C=O) groups excluding carboxylic acids is 1. The first kappa shape index (κ1) is 15.0. The van der Waals surface area contributed by atoms with Crippen molar-refractivity contribution in [2.75, 3.05) is 6.54 Å². The third-order valence-corrected chi connectivity index (χ3v) is 3.76. The van der Waals surface area contributed by atoms with Gasteiger partial charge in [-0.05, 0) is 30.7 Å². The second-order valence-corrected chi connectivity index (χ2v) is 5.27. The van der Waals surface area contributed by atoms with Gasteiger partial charge in [-0.15, -0.1) is 0 Å². The molecule has 0 fully saturated rings. The highest BCUT2D eigenvalue weighted by molar-refractivity contribution is 5.91. The van der Waals surface area contributed by atoms with Gasteiger partial charge in [-0.1, -0.05) is 36.4 Å². The minimum Gasteiger partial charge on any atom is -0.334 e. The van der Waals surface area contributed by atoms with E-state index >= 15 is 0 Å². The maximum Gasteiger partial charge on any atom is 0.246 e. The molecule has 0 aliphatic carbocycles. The Morgan fingerprint density at radius 1 is 1.17 bits per heavy atom. The van der Waals surface area contributed by atoms with Crippen LogP contribution in [0.3, 0.4) is 0 Å². The molecule has 0 atom stereocenters. The summed E-state index contributed by atoms with van der Waals surface area (Å²) in [6.07, 6.45) is 7.27. The summed E-state index contributed by atoms with van der Waals surface area (Å²) in [7, 11) is 0. The number of nitrogens with zero attached hydrogens (tertiary/aromatic N) is 3. The number of benzene rings is 1. The number of pyridine rings is 1. The van der Waals surface area contributed by atoms with Gasteiger partial charge in [-0.3, -0.25) is 4.79 Å². The lowest BCUT2D eigenvalue weighted by Crippen LogP contribution is -2.29. The molecule has 23 heavy (non-hydrogen) atoms. The summed E-state index contributed by atoms with van der Waals surface area (Å²) in [5, 5.41) is 0. The Kier molecular flexibility index (Phi) is 4.52. The van der Waals surface area contributed by atoms with Crippen molar-refractivity contribution in [3.8, 4) is 0 Å². The Hall–Kier alpha value is -2.88. The maximum atomic E-state index is 12.4. The van der Waals surface area contributed by atoms with Crippen LogP contribution >= 0.6 is 0 Å². The molecule has 1 amide bonds. The monoisotopic (exact) mass is 305 g/mol. The van der Waals surface area contributed by atoms with E-state index in [4.69, 9.17) is 0 Å². The molecule has 0 N–H and O–H groups in total. The van der Waals surface area contributed by atoms with Crippen molar-refractivity contribution < 1.29 is 4.79 Å². The summed E-state index contributed by atoms with van der Waals surface area (Å²) in [4.78, 5) is 18.6. The van der Waals surface area contributed by atoms with Gasteiger partial charge in [0.05, 0.1) is 18.4 Å². The quantitative estimate of drug-likeness (QED) is 0.678. The van der Waals surface area contributed by atoms with Crippen molar-refractivity contribution in [2.45, 2.75) is 13.5 Å². The van der Waals surface area contributed by atoms with Crippen LogP contribution in [0.2, 0.25) is 0 Å². The molecule has 0 saturated heterocycles. The van der Waals surface area contributed by atoms with Crippen LogP contribution in [0.5, 0.6) is 0 Å². The van der Waals surface area contributed by atoms with Gasteiger partial charge >= 0.3 is 0 Å². The Balaban J connectivity index is 1.74. The number of rotatable bonds is 5. The van der Waals surface area contributed by atoms with E-state index in [9.17, 15) is 4.79 Å². The number of likely N-dealkylation sites (N-methyl/N-ethyl adjacent to an activating group) is 1. The fourth-order valence-corrected chi connectivity index (χ4v) is 2.48. The highest BCUT2D eigenvalue weighted by atomic mass is 16.2. The Labute approximate surface area is 135 Å². The van der Waals surface area contributed by atoms with Gasteiger partial charge in [0.15, 0.2) is 0 Å². The van der Waals surface area contributed by atoms with Crippen LogP contribution in [0.1, 0.15) is 18.2 Å². The number of carbonyl (C=O) groups is 1. The number of amides is 1. The number of hydrogen-bond acceptors (Lipinski definition) is 2. The molecule has 4 heteroatoms. The lowest BCUT2D eigenvalue weighted by molar-refractivity contribution is -0.126. The van der Waals surface area contributed by atoms with Crippen molar-refractivity contribution in [2.24, 2.45) is 0 Å². The van der Waals surface area contributed by atoms with Crippen LogP contribution in [0.4, 0.5) is 0 Å². The lowest BCUT2D eigenvalue weighted by Gasteiger charge is -2.18. The Morgan fingerprint density at radius 3 is 2.74 bits per heavy atom. The zero-order valence-corrected chi connectivity index (χ0v) is 13.1. The van der Waals surface area contributed by atoms with E-state index in [1.54, 1.807) is 11.0 Å². The third kappa shape index (κ3) is 3.48. The first-order valence-electron chi connectivity index (χ1n) is 7.71. The maximum absolute atomic E-state index is 12.4. The van der Waals surface area contributed by atoms with E-state index in [0.29, 0.717) is 13.1 Å². The highest BCUT2D eigenvalue weighted by Crippen LogP contribution is 2.10. The minimum absolute atomic E-state index is 0.00207. The first-order chi connectivity index (χ1) is 11.3. The van der Waals surface area contributed by atoms with Crippen molar-refractivity contribution in [1.29, 1.82) is 0 Å². The topological polar surface area (TPSA) is 37.6 Å². The number of imidazole rings is 1. The molecule has 3 rings (SSSR count). The van der Waals surface area contributed by atoms with Crippen LogP contribution in [0, 0.1) is 0 Å². The largest absolute Gasteiger partial charge is 0.334 e. The molecule has 3 aromatic rings. The fourth-order valence-electron chi connectivity index (χ4n) is 2.48. The molecule has 0 bridgehead atoms. The van der Waals surface area contributed by atoms with Gasteiger partial charge in [-0.25, -0.2) is 4.98 Å². The molecule has 0 aliphatic heterocycles. The molecule has 116 valence electrons. The van der Waals surface area contributed by atoms with Crippen molar-refractivity contribution in [1.82, 2.24) is 14.3 Å². The second-order valence-electron chi connectivity index (χ2n) is 5.27. The zero-order chi connectivity index (χ0) is 16.1. The zero-order valence-electron chi connectivity index (χ0n) is 13.1. The van der Waals surface area contributed by atoms with Crippen LogP contribution in [-0.2, 0) is 11.3 Å². The van der Waals surface area contributed by atoms with Crippen molar-refractivity contribution in [3.63, 3.8) is 0 Å². The first-order valence-corrected chi connectivity index (χ1v) is 7.71. The van der Waals surface area contributed by atoms with Gasteiger partial charge in [0.1, 0.15) is 5.65 Å². The average Bonchev–Trinajstić information content (AvgIpc) is 3.01. The standard InChI is InChI=1S/C19H19N3O/c1-2-21(19(23)12-11-16-8-4-3-5-9-16)15-17-14-20-18-10-6-7-13-22(17)18/h3-14H,2,15H2,1H3/b12-11+. The second kappa shape index (κ2) is 6.92. The van der Waals surface area contributed by atoms with E-state index in [0.717, 1.165) is 16.9 Å². The van der Waals surface area contributed by atoms with Gasteiger partial charge < -0.3 is 9.30 Å². The molecule has 0 spiro atoms. The fraction of sp³-hybridized carbons (Fsp3) is 0.158. The normalized spacial score (nSPS) is 11.2. The number of aromatic nitrogens is 2. The van der Waals surface area contributed by atoms with Crippen LogP contribution in [0.15, 0.2) is 67.0 Å². The highest BCUT2D eigenvalue weighted by Gasteiger charge is 2.12. The summed E-state index contributed by atoms with van der Waals surface area (Å²) in [5.74, 6) is 0.00207. The molecular formula is C19H19N3O. The molecule has 2 heterocycles. The van der Waals surface area contributed by atoms with Crippen LogP contribution in [-0.4, -0.2) is 26.7 Å². The number of hydrogen-bond donors (Lipinski definition) is 0.